The molecule has 1 atom stereocenters. The third-order valence-corrected chi connectivity index (χ3v) is 8.21. The first-order chi connectivity index (χ1) is 19.3. The predicted octanol–water partition coefficient (Wildman–Crippen LogP) is 2.73. The summed E-state index contributed by atoms with van der Waals surface area (Å²) in [6.07, 6.45) is 6.98. The van der Waals surface area contributed by atoms with Gasteiger partial charge in [0.15, 0.2) is 5.67 Å². The number of likely N-dealkylation sites (tertiary alicyclic amines) is 2. The van der Waals surface area contributed by atoms with E-state index in [9.17, 15) is 9.18 Å². The van der Waals surface area contributed by atoms with Crippen LogP contribution in [0.5, 0.6) is 0 Å². The quantitative estimate of drug-likeness (QED) is 0.353. The second kappa shape index (κ2) is 12.6. The van der Waals surface area contributed by atoms with Crippen LogP contribution in [0.1, 0.15) is 44.1 Å². The van der Waals surface area contributed by atoms with Crippen LogP contribution >= 0.6 is 0 Å². The number of rotatable bonds is 9. The average Bonchev–Trinajstić information content (AvgIpc) is 3.48. The number of nitrogens with zero attached hydrogens (tertiary/aromatic N) is 5. The lowest BCUT2D eigenvalue weighted by Crippen LogP contribution is -2.55. The topological polar surface area (TPSA) is 123 Å². The van der Waals surface area contributed by atoms with Gasteiger partial charge in [0.2, 0.25) is 5.95 Å². The summed E-state index contributed by atoms with van der Waals surface area (Å²) in [6.45, 7) is 3.91. The number of nitrogens with two attached hydrogens (primary N) is 2. The molecule has 0 aliphatic carbocycles. The van der Waals surface area contributed by atoms with Crippen LogP contribution in [0.2, 0.25) is 0 Å². The van der Waals surface area contributed by atoms with E-state index < -0.39 is 17.4 Å². The summed E-state index contributed by atoms with van der Waals surface area (Å²) in [5, 5.41) is 0. The largest absolute Gasteiger partial charge is 0.397 e. The molecule has 1 aromatic heterocycles. The minimum atomic E-state index is -1.87. The summed E-state index contributed by atoms with van der Waals surface area (Å²) in [5.41, 5.74) is 11.8. The van der Waals surface area contributed by atoms with E-state index in [1.165, 1.54) is 12.1 Å². The fraction of sp³-hybridized carbons (Fsp3) is 0.607. The first kappa shape index (κ1) is 28.4. The molecule has 4 N–H and O–H groups in total. The van der Waals surface area contributed by atoms with Crippen molar-refractivity contribution in [2.45, 2.75) is 62.9 Å². The van der Waals surface area contributed by atoms with Crippen LogP contribution < -0.4 is 16.4 Å². The van der Waals surface area contributed by atoms with Crippen molar-refractivity contribution in [1.29, 1.82) is 0 Å². The molecule has 1 aromatic carbocycles. The Labute approximate surface area is 233 Å². The highest BCUT2D eigenvalue weighted by molar-refractivity contribution is 5.85. The molecule has 0 radical (unpaired) electrons. The predicted molar refractivity (Wildman–Crippen MR) is 147 cm³/mol. The van der Waals surface area contributed by atoms with E-state index in [1.54, 1.807) is 23.4 Å². The standard InChI is InChI=1S/C28H39F2N7O3/c29-21-3-4-25(24(31)14-21)37(19-39-18-23-2-1-13-40-23)22-5-9-36(10-6-22)26(38)28(30)7-11-35(12-8-28)17-20-15-33-27(32)34-16-20/h3-4,14-16,22-23H,1-2,5-13,17-19,31H2,(H2,32,33,34). The van der Waals surface area contributed by atoms with Crippen molar-refractivity contribution in [3.8, 4) is 0 Å². The number of hydrogen-bond acceptors (Lipinski definition) is 9. The van der Waals surface area contributed by atoms with Crippen molar-refractivity contribution < 1.29 is 23.0 Å². The average molecular weight is 560 g/mol. The van der Waals surface area contributed by atoms with E-state index in [0.717, 1.165) is 25.0 Å². The molecule has 1 unspecified atom stereocenters. The Morgan fingerprint density at radius 2 is 1.85 bits per heavy atom. The highest BCUT2D eigenvalue weighted by Crippen LogP contribution is 2.33. The van der Waals surface area contributed by atoms with Crippen molar-refractivity contribution in [2.24, 2.45) is 0 Å². The van der Waals surface area contributed by atoms with Gasteiger partial charge in [-0.05, 0) is 43.9 Å². The summed E-state index contributed by atoms with van der Waals surface area (Å²) < 4.78 is 41.3. The summed E-state index contributed by atoms with van der Waals surface area (Å²) >= 11 is 0. The van der Waals surface area contributed by atoms with Gasteiger partial charge in [0.1, 0.15) is 12.5 Å². The third-order valence-electron chi connectivity index (χ3n) is 8.21. The number of carbonyl (C=O) groups excluding carboxylic acids is 1. The van der Waals surface area contributed by atoms with Gasteiger partial charge < -0.3 is 30.7 Å². The van der Waals surface area contributed by atoms with Crippen LogP contribution in [0.25, 0.3) is 0 Å². The number of halogens is 2. The first-order valence-corrected chi connectivity index (χ1v) is 14.1. The number of anilines is 3. The van der Waals surface area contributed by atoms with Gasteiger partial charge in [-0.2, -0.15) is 0 Å². The molecule has 0 bridgehead atoms. The minimum Gasteiger partial charge on any atom is -0.397 e. The number of ether oxygens (including phenoxy) is 2. The van der Waals surface area contributed by atoms with Gasteiger partial charge in [-0.15, -0.1) is 0 Å². The van der Waals surface area contributed by atoms with Gasteiger partial charge in [-0.1, -0.05) is 0 Å². The van der Waals surface area contributed by atoms with E-state index >= 15 is 4.39 Å². The number of carbonyl (C=O) groups is 1. The Bertz CT molecular complexity index is 1130. The summed E-state index contributed by atoms with van der Waals surface area (Å²) in [7, 11) is 0. The monoisotopic (exact) mass is 559 g/mol. The SMILES string of the molecule is Nc1ncc(CN2CCC(F)(C(=O)N3CCC(N(COCC4CCCO4)c4ccc(F)cc4N)CC3)CC2)cn1. The Kier molecular flexibility index (Phi) is 8.97. The number of amides is 1. The molecule has 12 heteroatoms. The molecule has 1 amide bonds. The molecule has 3 saturated heterocycles. The molecular weight excluding hydrogens is 520 g/mol. The number of nitrogen functional groups attached to an aromatic ring is 2. The van der Waals surface area contributed by atoms with Crippen molar-refractivity contribution in [3.05, 3.63) is 42.0 Å². The van der Waals surface area contributed by atoms with Crippen LogP contribution in [-0.4, -0.2) is 89.6 Å². The van der Waals surface area contributed by atoms with Gasteiger partial charge in [0.05, 0.1) is 24.1 Å². The van der Waals surface area contributed by atoms with Gasteiger partial charge in [0.25, 0.3) is 5.91 Å². The van der Waals surface area contributed by atoms with Crippen LogP contribution in [-0.2, 0) is 20.8 Å². The van der Waals surface area contributed by atoms with E-state index in [0.29, 0.717) is 63.5 Å². The number of alkyl halides is 1. The summed E-state index contributed by atoms with van der Waals surface area (Å²) in [6, 6.07) is 4.37. The third kappa shape index (κ3) is 6.79. The second-order valence-corrected chi connectivity index (χ2v) is 11.0. The molecule has 0 saturated carbocycles. The number of hydrogen-bond donors (Lipinski definition) is 2. The Morgan fingerprint density at radius 3 is 2.50 bits per heavy atom. The highest BCUT2D eigenvalue weighted by atomic mass is 19.1. The second-order valence-electron chi connectivity index (χ2n) is 11.0. The van der Waals surface area contributed by atoms with Crippen LogP contribution in [0.3, 0.4) is 0 Å². The van der Waals surface area contributed by atoms with Gasteiger partial charge in [-0.3, -0.25) is 9.69 Å². The van der Waals surface area contributed by atoms with Crippen molar-refractivity contribution in [3.63, 3.8) is 0 Å². The lowest BCUT2D eigenvalue weighted by molar-refractivity contribution is -0.148. The summed E-state index contributed by atoms with van der Waals surface area (Å²) in [5.74, 6) is -0.609. The van der Waals surface area contributed by atoms with E-state index in [2.05, 4.69) is 14.9 Å². The number of aromatic nitrogens is 2. The van der Waals surface area contributed by atoms with Gasteiger partial charge in [0, 0.05) is 76.2 Å². The van der Waals surface area contributed by atoms with E-state index in [-0.39, 0.29) is 37.7 Å². The van der Waals surface area contributed by atoms with Crippen LogP contribution in [0, 0.1) is 5.82 Å². The van der Waals surface area contributed by atoms with Crippen LogP contribution in [0.4, 0.5) is 26.1 Å². The molecule has 4 heterocycles. The Morgan fingerprint density at radius 1 is 1.12 bits per heavy atom. The molecule has 40 heavy (non-hydrogen) atoms. The molecule has 3 aliphatic heterocycles. The van der Waals surface area contributed by atoms with Crippen molar-refractivity contribution in [2.75, 3.05) is 62.5 Å². The van der Waals surface area contributed by atoms with Gasteiger partial charge in [-0.25, -0.2) is 18.7 Å². The lowest BCUT2D eigenvalue weighted by atomic mass is 9.90. The van der Waals surface area contributed by atoms with E-state index in [4.69, 9.17) is 20.9 Å². The zero-order valence-corrected chi connectivity index (χ0v) is 22.8. The van der Waals surface area contributed by atoms with E-state index in [1.807, 2.05) is 4.90 Å². The molecule has 5 rings (SSSR count). The minimum absolute atomic E-state index is 0.0147. The van der Waals surface area contributed by atoms with Gasteiger partial charge >= 0.3 is 0 Å². The highest BCUT2D eigenvalue weighted by Gasteiger charge is 2.45. The number of benzene rings is 1. The molecular formula is C28H39F2N7O3. The maximum Gasteiger partial charge on any atom is 0.260 e. The molecule has 0 spiro atoms. The summed E-state index contributed by atoms with van der Waals surface area (Å²) in [4.78, 5) is 27.1. The zero-order chi connectivity index (χ0) is 28.1. The Balaban J connectivity index is 1.16. The molecule has 218 valence electrons. The maximum absolute atomic E-state index is 15.9. The normalized spacial score (nSPS) is 21.9. The molecule has 3 fully saturated rings. The van der Waals surface area contributed by atoms with Crippen molar-refractivity contribution in [1.82, 2.24) is 19.8 Å². The maximum atomic E-state index is 15.9. The fourth-order valence-corrected chi connectivity index (χ4v) is 5.86. The fourth-order valence-electron chi connectivity index (χ4n) is 5.86. The zero-order valence-electron chi connectivity index (χ0n) is 22.8. The van der Waals surface area contributed by atoms with Crippen molar-refractivity contribution >= 4 is 23.2 Å². The number of piperidine rings is 2. The molecule has 10 nitrogen and oxygen atoms in total. The lowest BCUT2D eigenvalue weighted by Gasteiger charge is -2.43. The Hall–Kier alpha value is -3.09. The van der Waals surface area contributed by atoms with Crippen LogP contribution in [0.15, 0.2) is 30.6 Å². The molecule has 2 aromatic rings. The smallest absolute Gasteiger partial charge is 0.260 e. The first-order valence-electron chi connectivity index (χ1n) is 14.1. The molecule has 3 aliphatic rings.